The average molecular weight is 191 g/mol. The number of rotatable bonds is 3. The molecule has 1 saturated carbocycles. The zero-order valence-electron chi connectivity index (χ0n) is 8.66. The van der Waals surface area contributed by atoms with Crippen LogP contribution in [-0.4, -0.2) is 16.5 Å². The van der Waals surface area contributed by atoms with Gasteiger partial charge in [0.1, 0.15) is 12.1 Å². The van der Waals surface area contributed by atoms with Crippen molar-refractivity contribution in [1.82, 2.24) is 9.97 Å². The van der Waals surface area contributed by atoms with Gasteiger partial charge in [-0.2, -0.15) is 0 Å². The Kier molecular flexibility index (Phi) is 2.66. The van der Waals surface area contributed by atoms with Crippen molar-refractivity contribution in [2.75, 3.05) is 11.9 Å². The van der Waals surface area contributed by atoms with Crippen molar-refractivity contribution in [3.63, 3.8) is 0 Å². The SMILES string of the molecule is CC1(CNc2ccncn2)CCCC1. The van der Waals surface area contributed by atoms with Gasteiger partial charge in [0.25, 0.3) is 0 Å². The van der Waals surface area contributed by atoms with Crippen LogP contribution >= 0.6 is 0 Å². The third-order valence-corrected chi connectivity index (χ3v) is 3.09. The minimum absolute atomic E-state index is 0.477. The predicted octanol–water partition coefficient (Wildman–Crippen LogP) is 2.47. The highest BCUT2D eigenvalue weighted by molar-refractivity contribution is 5.31. The van der Waals surface area contributed by atoms with Crippen LogP contribution in [0.3, 0.4) is 0 Å². The molecule has 0 spiro atoms. The van der Waals surface area contributed by atoms with Crippen molar-refractivity contribution in [1.29, 1.82) is 0 Å². The summed E-state index contributed by atoms with van der Waals surface area (Å²) in [5.41, 5.74) is 0.477. The number of aromatic nitrogens is 2. The van der Waals surface area contributed by atoms with Gasteiger partial charge in [-0.25, -0.2) is 9.97 Å². The van der Waals surface area contributed by atoms with Crippen LogP contribution in [-0.2, 0) is 0 Å². The van der Waals surface area contributed by atoms with Gasteiger partial charge in [-0.05, 0) is 24.3 Å². The Morgan fingerprint density at radius 1 is 1.43 bits per heavy atom. The van der Waals surface area contributed by atoms with Gasteiger partial charge in [0.15, 0.2) is 0 Å². The number of anilines is 1. The van der Waals surface area contributed by atoms with E-state index in [2.05, 4.69) is 22.2 Å². The molecule has 0 atom stereocenters. The summed E-state index contributed by atoms with van der Waals surface area (Å²) in [6.07, 6.45) is 8.78. The van der Waals surface area contributed by atoms with Crippen LogP contribution in [0.2, 0.25) is 0 Å². The van der Waals surface area contributed by atoms with Crippen molar-refractivity contribution in [2.45, 2.75) is 32.6 Å². The molecule has 3 heteroatoms. The van der Waals surface area contributed by atoms with Gasteiger partial charge in [0.2, 0.25) is 0 Å². The van der Waals surface area contributed by atoms with Gasteiger partial charge < -0.3 is 5.32 Å². The molecule has 0 aliphatic heterocycles. The van der Waals surface area contributed by atoms with Gasteiger partial charge in [0.05, 0.1) is 0 Å². The Morgan fingerprint density at radius 3 is 2.86 bits per heavy atom. The summed E-state index contributed by atoms with van der Waals surface area (Å²) in [5.74, 6) is 0.938. The van der Waals surface area contributed by atoms with Crippen LogP contribution in [0.1, 0.15) is 32.6 Å². The first-order chi connectivity index (χ1) is 6.79. The topological polar surface area (TPSA) is 37.8 Å². The number of hydrogen-bond acceptors (Lipinski definition) is 3. The maximum absolute atomic E-state index is 4.15. The summed E-state index contributed by atoms with van der Waals surface area (Å²) < 4.78 is 0. The van der Waals surface area contributed by atoms with Crippen LogP contribution in [0.15, 0.2) is 18.6 Å². The van der Waals surface area contributed by atoms with Gasteiger partial charge in [-0.3, -0.25) is 0 Å². The number of nitrogens with zero attached hydrogens (tertiary/aromatic N) is 2. The first kappa shape index (κ1) is 9.44. The molecule has 3 nitrogen and oxygen atoms in total. The van der Waals surface area contributed by atoms with Gasteiger partial charge in [-0.15, -0.1) is 0 Å². The molecule has 1 aromatic rings. The lowest BCUT2D eigenvalue weighted by molar-refractivity contribution is 0.361. The van der Waals surface area contributed by atoms with Crippen molar-refractivity contribution in [3.05, 3.63) is 18.6 Å². The van der Waals surface area contributed by atoms with E-state index in [4.69, 9.17) is 0 Å². The monoisotopic (exact) mass is 191 g/mol. The van der Waals surface area contributed by atoms with Crippen LogP contribution in [0.4, 0.5) is 5.82 Å². The Labute approximate surface area is 85.0 Å². The number of nitrogens with one attached hydrogen (secondary N) is 1. The smallest absolute Gasteiger partial charge is 0.129 e. The Hall–Kier alpha value is -1.12. The lowest BCUT2D eigenvalue weighted by Crippen LogP contribution is -2.23. The summed E-state index contributed by atoms with van der Waals surface area (Å²) in [7, 11) is 0. The fraction of sp³-hybridized carbons (Fsp3) is 0.636. The van der Waals surface area contributed by atoms with Crippen molar-refractivity contribution >= 4 is 5.82 Å². The fourth-order valence-corrected chi connectivity index (χ4v) is 2.10. The van der Waals surface area contributed by atoms with E-state index in [-0.39, 0.29) is 0 Å². The van der Waals surface area contributed by atoms with Crippen LogP contribution in [0, 0.1) is 5.41 Å². The van der Waals surface area contributed by atoms with Crippen LogP contribution in [0.5, 0.6) is 0 Å². The second-order valence-electron chi connectivity index (χ2n) is 4.47. The maximum atomic E-state index is 4.15. The van der Waals surface area contributed by atoms with Crippen molar-refractivity contribution < 1.29 is 0 Å². The molecule has 0 amide bonds. The first-order valence-electron chi connectivity index (χ1n) is 5.28. The second-order valence-corrected chi connectivity index (χ2v) is 4.47. The highest BCUT2D eigenvalue weighted by atomic mass is 15.0. The van der Waals surface area contributed by atoms with Gasteiger partial charge in [-0.1, -0.05) is 19.8 Å². The summed E-state index contributed by atoms with van der Waals surface area (Å²) in [4.78, 5) is 8.04. The van der Waals surface area contributed by atoms with E-state index in [0.717, 1.165) is 12.4 Å². The summed E-state index contributed by atoms with van der Waals surface area (Å²) in [5, 5.41) is 3.38. The fourth-order valence-electron chi connectivity index (χ4n) is 2.10. The second kappa shape index (κ2) is 3.95. The quantitative estimate of drug-likeness (QED) is 0.797. The standard InChI is InChI=1S/C11H17N3/c1-11(5-2-3-6-11)8-13-10-4-7-12-9-14-10/h4,7,9H,2-3,5-6,8H2,1H3,(H,12,13,14). The minimum atomic E-state index is 0.477. The molecule has 1 heterocycles. The average Bonchev–Trinajstić information content (AvgIpc) is 2.65. The molecule has 0 saturated heterocycles. The molecule has 1 aliphatic rings. The zero-order chi connectivity index (χ0) is 9.86. The van der Waals surface area contributed by atoms with Crippen molar-refractivity contribution in [3.8, 4) is 0 Å². The molecular formula is C11H17N3. The molecular weight excluding hydrogens is 174 g/mol. The van der Waals surface area contributed by atoms with Gasteiger partial charge in [0, 0.05) is 12.7 Å². The summed E-state index contributed by atoms with van der Waals surface area (Å²) in [6.45, 7) is 3.39. The summed E-state index contributed by atoms with van der Waals surface area (Å²) >= 11 is 0. The largest absolute Gasteiger partial charge is 0.369 e. The zero-order valence-corrected chi connectivity index (χ0v) is 8.66. The minimum Gasteiger partial charge on any atom is -0.369 e. The van der Waals surface area contributed by atoms with E-state index in [1.165, 1.54) is 25.7 Å². The van der Waals surface area contributed by atoms with Crippen LogP contribution in [0.25, 0.3) is 0 Å². The molecule has 0 radical (unpaired) electrons. The van der Waals surface area contributed by atoms with E-state index < -0.39 is 0 Å². The predicted molar refractivity (Wildman–Crippen MR) is 57.1 cm³/mol. The lowest BCUT2D eigenvalue weighted by atomic mass is 9.89. The van der Waals surface area contributed by atoms with E-state index in [9.17, 15) is 0 Å². The van der Waals surface area contributed by atoms with Gasteiger partial charge >= 0.3 is 0 Å². The molecule has 76 valence electrons. The molecule has 1 aliphatic carbocycles. The number of hydrogen-bond donors (Lipinski definition) is 1. The Morgan fingerprint density at radius 2 is 2.21 bits per heavy atom. The molecule has 2 rings (SSSR count). The highest BCUT2D eigenvalue weighted by Crippen LogP contribution is 2.37. The molecule has 1 aromatic heterocycles. The van der Waals surface area contributed by atoms with E-state index in [1.807, 2.05) is 6.07 Å². The normalized spacial score (nSPS) is 19.5. The molecule has 1 fully saturated rings. The molecule has 0 bridgehead atoms. The highest BCUT2D eigenvalue weighted by Gasteiger charge is 2.28. The molecule has 14 heavy (non-hydrogen) atoms. The third kappa shape index (κ3) is 2.22. The van der Waals surface area contributed by atoms with E-state index in [1.54, 1.807) is 12.5 Å². The van der Waals surface area contributed by atoms with Crippen molar-refractivity contribution in [2.24, 2.45) is 5.41 Å². The summed E-state index contributed by atoms with van der Waals surface area (Å²) in [6, 6.07) is 1.91. The third-order valence-electron chi connectivity index (χ3n) is 3.09. The van der Waals surface area contributed by atoms with E-state index >= 15 is 0 Å². The van der Waals surface area contributed by atoms with E-state index in [0.29, 0.717) is 5.41 Å². The molecule has 1 N–H and O–H groups in total. The van der Waals surface area contributed by atoms with Crippen LogP contribution < -0.4 is 5.32 Å². The molecule has 0 unspecified atom stereocenters. The Bertz CT molecular complexity index is 278. The lowest BCUT2D eigenvalue weighted by Gasteiger charge is -2.23. The maximum Gasteiger partial charge on any atom is 0.129 e. The molecule has 0 aromatic carbocycles. The first-order valence-corrected chi connectivity index (χ1v) is 5.28. The Balaban J connectivity index is 1.88.